The highest BCUT2D eigenvalue weighted by Gasteiger charge is 2.24. The largest absolute Gasteiger partial charge is 0.487 e. The molecule has 0 aromatic heterocycles. The van der Waals surface area contributed by atoms with E-state index in [0.717, 1.165) is 18.7 Å². The van der Waals surface area contributed by atoms with E-state index in [4.69, 9.17) is 9.84 Å². The summed E-state index contributed by atoms with van der Waals surface area (Å²) >= 11 is 0. The number of carboxylic acid groups (broad SMARTS) is 1. The summed E-state index contributed by atoms with van der Waals surface area (Å²) in [6.45, 7) is 8.76. The standard InChI is InChI=1S/C23H28N2O4/c1-23(2,3)19-14-17(8-11-21(19)25-12-4-5-13-25)20(24-28)15-29-18-9-6-16(7-10-18)22(26)27/h6-11,14,28H,4-5,12-13,15H2,1-3H3,(H,26,27)/b24-20+. The number of anilines is 1. The Morgan fingerprint density at radius 1 is 1.07 bits per heavy atom. The van der Waals surface area contributed by atoms with Crippen LogP contribution in [0.5, 0.6) is 5.75 Å². The van der Waals surface area contributed by atoms with E-state index in [1.165, 1.54) is 36.2 Å². The monoisotopic (exact) mass is 396 g/mol. The highest BCUT2D eigenvalue weighted by atomic mass is 16.5. The number of carboxylic acids is 1. The molecule has 1 fully saturated rings. The first-order valence-corrected chi connectivity index (χ1v) is 9.86. The maximum Gasteiger partial charge on any atom is 0.335 e. The number of hydrogen-bond donors (Lipinski definition) is 2. The molecule has 0 radical (unpaired) electrons. The van der Waals surface area contributed by atoms with Crippen LogP contribution in [0.25, 0.3) is 0 Å². The van der Waals surface area contributed by atoms with Crippen molar-refractivity contribution >= 4 is 17.4 Å². The topological polar surface area (TPSA) is 82.4 Å². The molecule has 29 heavy (non-hydrogen) atoms. The van der Waals surface area contributed by atoms with Gasteiger partial charge in [-0.05, 0) is 60.2 Å². The molecule has 6 nitrogen and oxygen atoms in total. The molecule has 1 aliphatic rings. The Morgan fingerprint density at radius 3 is 2.24 bits per heavy atom. The first-order chi connectivity index (χ1) is 13.8. The van der Waals surface area contributed by atoms with Gasteiger partial charge in [-0.1, -0.05) is 32.0 Å². The lowest BCUT2D eigenvalue weighted by atomic mass is 9.84. The van der Waals surface area contributed by atoms with Gasteiger partial charge in [-0.25, -0.2) is 4.79 Å². The molecule has 2 aromatic rings. The van der Waals surface area contributed by atoms with E-state index in [9.17, 15) is 10.0 Å². The second kappa shape index (κ2) is 8.55. The summed E-state index contributed by atoms with van der Waals surface area (Å²) in [5, 5.41) is 22.0. The van der Waals surface area contributed by atoms with E-state index in [-0.39, 0.29) is 17.6 Å². The third kappa shape index (κ3) is 4.88. The number of carbonyl (C=O) groups is 1. The number of benzene rings is 2. The summed E-state index contributed by atoms with van der Waals surface area (Å²) in [6.07, 6.45) is 2.42. The van der Waals surface area contributed by atoms with E-state index < -0.39 is 5.97 Å². The van der Waals surface area contributed by atoms with Crippen molar-refractivity contribution in [2.45, 2.75) is 39.0 Å². The molecule has 6 heteroatoms. The van der Waals surface area contributed by atoms with Crippen LogP contribution in [0.1, 0.15) is 55.1 Å². The minimum absolute atomic E-state index is 0.0536. The predicted octanol–water partition coefficient (Wildman–Crippen LogP) is 4.54. The molecule has 0 aliphatic carbocycles. The van der Waals surface area contributed by atoms with E-state index >= 15 is 0 Å². The Hall–Kier alpha value is -3.02. The van der Waals surface area contributed by atoms with Crippen molar-refractivity contribution in [1.82, 2.24) is 0 Å². The van der Waals surface area contributed by atoms with E-state index in [1.807, 2.05) is 6.07 Å². The van der Waals surface area contributed by atoms with Crippen molar-refractivity contribution in [2.75, 3.05) is 24.6 Å². The fraction of sp³-hybridized carbons (Fsp3) is 0.391. The third-order valence-corrected chi connectivity index (χ3v) is 5.18. The third-order valence-electron chi connectivity index (χ3n) is 5.18. The van der Waals surface area contributed by atoms with Crippen LogP contribution in [0.3, 0.4) is 0 Å². The number of ether oxygens (including phenoxy) is 1. The highest BCUT2D eigenvalue weighted by molar-refractivity contribution is 6.02. The minimum Gasteiger partial charge on any atom is -0.487 e. The molecule has 0 saturated carbocycles. The lowest BCUT2D eigenvalue weighted by Crippen LogP contribution is -2.24. The van der Waals surface area contributed by atoms with Crippen molar-refractivity contribution in [3.05, 3.63) is 59.2 Å². The zero-order valence-electron chi connectivity index (χ0n) is 17.2. The molecule has 0 bridgehead atoms. The van der Waals surface area contributed by atoms with Crippen molar-refractivity contribution in [2.24, 2.45) is 5.16 Å². The summed E-state index contributed by atoms with van der Waals surface area (Å²) in [6, 6.07) is 12.3. The fourth-order valence-corrected chi connectivity index (χ4v) is 3.57. The molecule has 0 unspecified atom stereocenters. The van der Waals surface area contributed by atoms with E-state index in [1.54, 1.807) is 12.1 Å². The van der Waals surface area contributed by atoms with Gasteiger partial charge in [0, 0.05) is 24.3 Å². The van der Waals surface area contributed by atoms with Gasteiger partial charge in [-0.2, -0.15) is 0 Å². The Kier molecular flexibility index (Phi) is 6.11. The van der Waals surface area contributed by atoms with Gasteiger partial charge in [0.15, 0.2) is 0 Å². The van der Waals surface area contributed by atoms with Crippen LogP contribution in [-0.4, -0.2) is 41.7 Å². The minimum atomic E-state index is -0.984. The molecule has 0 amide bonds. The maximum atomic E-state index is 10.9. The smallest absolute Gasteiger partial charge is 0.335 e. The second-order valence-electron chi connectivity index (χ2n) is 8.34. The first kappa shape index (κ1) is 20.7. The van der Waals surface area contributed by atoms with Crippen LogP contribution in [0.4, 0.5) is 5.69 Å². The number of rotatable bonds is 6. The molecule has 1 aliphatic heterocycles. The van der Waals surface area contributed by atoms with Crippen LogP contribution < -0.4 is 9.64 Å². The van der Waals surface area contributed by atoms with Crippen molar-refractivity contribution in [1.29, 1.82) is 0 Å². The van der Waals surface area contributed by atoms with E-state index in [0.29, 0.717) is 11.5 Å². The molecule has 0 spiro atoms. The van der Waals surface area contributed by atoms with Crippen LogP contribution in [-0.2, 0) is 5.41 Å². The van der Waals surface area contributed by atoms with Gasteiger partial charge >= 0.3 is 5.97 Å². The molecule has 2 aromatic carbocycles. The number of hydrogen-bond acceptors (Lipinski definition) is 5. The van der Waals surface area contributed by atoms with Crippen LogP contribution in [0.2, 0.25) is 0 Å². The average Bonchev–Trinajstić information content (AvgIpc) is 3.22. The summed E-state index contributed by atoms with van der Waals surface area (Å²) in [5.74, 6) is -0.470. The SMILES string of the molecule is CC(C)(C)c1cc(/C(COc2ccc(C(=O)O)cc2)=N/O)ccc1N1CCCC1. The van der Waals surface area contributed by atoms with E-state index in [2.05, 4.69) is 43.0 Å². The fourth-order valence-electron chi connectivity index (χ4n) is 3.57. The Morgan fingerprint density at radius 2 is 1.69 bits per heavy atom. The molecule has 0 atom stereocenters. The van der Waals surface area contributed by atoms with Gasteiger partial charge in [-0.15, -0.1) is 0 Å². The lowest BCUT2D eigenvalue weighted by Gasteiger charge is -2.29. The normalized spacial score (nSPS) is 14.9. The Bertz CT molecular complexity index is 892. The quantitative estimate of drug-likeness (QED) is 0.426. The molecular weight excluding hydrogens is 368 g/mol. The molecule has 2 N–H and O–H groups in total. The zero-order valence-corrected chi connectivity index (χ0v) is 17.2. The van der Waals surface area contributed by atoms with Crippen molar-refractivity contribution < 1.29 is 19.8 Å². The van der Waals surface area contributed by atoms with Gasteiger partial charge in [0.1, 0.15) is 18.1 Å². The van der Waals surface area contributed by atoms with Crippen LogP contribution >= 0.6 is 0 Å². The molecular formula is C23H28N2O4. The summed E-state index contributed by atoms with van der Waals surface area (Å²) < 4.78 is 5.71. The molecule has 1 heterocycles. The number of oxime groups is 1. The average molecular weight is 396 g/mol. The van der Waals surface area contributed by atoms with Gasteiger partial charge in [0.25, 0.3) is 0 Å². The summed E-state index contributed by atoms with van der Waals surface area (Å²) in [5.41, 5.74) is 3.82. The van der Waals surface area contributed by atoms with Crippen LogP contribution in [0, 0.1) is 0 Å². The molecule has 154 valence electrons. The predicted molar refractivity (Wildman–Crippen MR) is 114 cm³/mol. The Balaban J connectivity index is 1.80. The zero-order chi connectivity index (χ0) is 21.0. The molecule has 1 saturated heterocycles. The second-order valence-corrected chi connectivity index (χ2v) is 8.34. The van der Waals surface area contributed by atoms with Gasteiger partial charge < -0.3 is 20.0 Å². The van der Waals surface area contributed by atoms with Crippen molar-refractivity contribution in [3.63, 3.8) is 0 Å². The van der Waals surface area contributed by atoms with Gasteiger partial charge in [0.05, 0.1) is 5.56 Å². The van der Waals surface area contributed by atoms with Gasteiger partial charge in [0.2, 0.25) is 0 Å². The Labute approximate surface area is 171 Å². The molecule has 3 rings (SSSR count). The van der Waals surface area contributed by atoms with Gasteiger partial charge in [-0.3, -0.25) is 0 Å². The van der Waals surface area contributed by atoms with Crippen LogP contribution in [0.15, 0.2) is 47.6 Å². The van der Waals surface area contributed by atoms with Crippen molar-refractivity contribution in [3.8, 4) is 5.75 Å². The lowest BCUT2D eigenvalue weighted by molar-refractivity contribution is 0.0697. The first-order valence-electron chi connectivity index (χ1n) is 9.86. The summed E-state index contributed by atoms with van der Waals surface area (Å²) in [4.78, 5) is 13.4. The number of nitrogens with zero attached hydrogens (tertiary/aromatic N) is 2. The maximum absolute atomic E-state index is 10.9. The number of aromatic carboxylic acids is 1. The summed E-state index contributed by atoms with van der Waals surface area (Å²) in [7, 11) is 0. The highest BCUT2D eigenvalue weighted by Crippen LogP contribution is 2.34.